The number of likely N-dealkylation sites (tertiary alicyclic amines) is 1. The lowest BCUT2D eigenvalue weighted by atomic mass is 10.1. The van der Waals surface area contributed by atoms with Crippen LogP contribution in [-0.2, 0) is 11.3 Å². The molecule has 0 radical (unpaired) electrons. The summed E-state index contributed by atoms with van der Waals surface area (Å²) in [6, 6.07) is 9.67. The van der Waals surface area contributed by atoms with Crippen LogP contribution in [0.5, 0.6) is 11.6 Å². The molecule has 2 heterocycles. The highest BCUT2D eigenvalue weighted by molar-refractivity contribution is 5.79. The second-order valence-corrected chi connectivity index (χ2v) is 6.60. The zero-order valence-corrected chi connectivity index (χ0v) is 16.4. The number of nitrogens with one attached hydrogen (secondary N) is 1. The molecule has 1 aliphatic heterocycles. The minimum absolute atomic E-state index is 0.296. The molecule has 0 atom stereocenters. The van der Waals surface area contributed by atoms with E-state index in [0.717, 1.165) is 44.1 Å². The van der Waals surface area contributed by atoms with E-state index in [1.807, 2.05) is 19.1 Å². The molecule has 1 N–H and O–H groups in total. The number of ether oxygens (including phenoxy) is 2. The number of hydrogen-bond acceptors (Lipinski definition) is 4. The summed E-state index contributed by atoms with van der Waals surface area (Å²) in [5.74, 6) is 1.60. The van der Waals surface area contributed by atoms with Gasteiger partial charge < -0.3 is 19.7 Å². The van der Waals surface area contributed by atoms with Crippen LogP contribution in [0.1, 0.15) is 25.3 Å². The third-order valence-corrected chi connectivity index (χ3v) is 4.64. The topological polar surface area (TPSA) is 59.0 Å². The Hall–Kier alpha value is -2.67. The Balaban J connectivity index is 1.54. The van der Waals surface area contributed by atoms with Crippen LogP contribution in [0, 0.1) is 5.82 Å². The molecule has 1 aromatic carbocycles. The van der Waals surface area contributed by atoms with E-state index in [2.05, 4.69) is 20.2 Å². The molecule has 1 fully saturated rings. The summed E-state index contributed by atoms with van der Waals surface area (Å²) in [5.41, 5.74) is 1.03. The Morgan fingerprint density at radius 1 is 1.25 bits per heavy atom. The fourth-order valence-electron chi connectivity index (χ4n) is 3.22. The van der Waals surface area contributed by atoms with Gasteiger partial charge in [-0.3, -0.25) is 4.99 Å². The highest BCUT2D eigenvalue weighted by Gasteiger charge is 2.21. The molecule has 0 aliphatic carbocycles. The molecule has 150 valence electrons. The van der Waals surface area contributed by atoms with Gasteiger partial charge in [0, 0.05) is 45.6 Å². The lowest BCUT2D eigenvalue weighted by Gasteiger charge is -2.34. The maximum Gasteiger partial charge on any atom is 0.219 e. The number of aromatic nitrogens is 1. The van der Waals surface area contributed by atoms with E-state index in [0.29, 0.717) is 24.3 Å². The molecule has 7 heteroatoms. The molecule has 6 nitrogen and oxygen atoms in total. The summed E-state index contributed by atoms with van der Waals surface area (Å²) in [6.45, 7) is 5.28. The first-order valence-electron chi connectivity index (χ1n) is 9.63. The minimum Gasteiger partial charge on any atom is -0.439 e. The zero-order valence-electron chi connectivity index (χ0n) is 16.4. The van der Waals surface area contributed by atoms with Gasteiger partial charge in [0.05, 0.1) is 6.10 Å². The van der Waals surface area contributed by atoms with E-state index in [1.165, 1.54) is 12.1 Å². The summed E-state index contributed by atoms with van der Waals surface area (Å²) >= 11 is 0. The normalized spacial score (nSPS) is 15.5. The third kappa shape index (κ3) is 5.66. The number of halogens is 1. The molecule has 28 heavy (non-hydrogen) atoms. The zero-order chi connectivity index (χ0) is 19.8. The molecule has 3 rings (SSSR count). The predicted octanol–water partition coefficient (Wildman–Crippen LogP) is 3.59. The van der Waals surface area contributed by atoms with E-state index in [4.69, 9.17) is 9.47 Å². The maximum atomic E-state index is 13.0. The smallest absolute Gasteiger partial charge is 0.219 e. The van der Waals surface area contributed by atoms with Crippen LogP contribution in [0.4, 0.5) is 4.39 Å². The van der Waals surface area contributed by atoms with Crippen molar-refractivity contribution >= 4 is 5.96 Å². The summed E-state index contributed by atoms with van der Waals surface area (Å²) in [6.07, 6.45) is 4.08. The number of pyridine rings is 1. The van der Waals surface area contributed by atoms with Gasteiger partial charge in [-0.25, -0.2) is 9.37 Å². The molecule has 1 aromatic heterocycles. The van der Waals surface area contributed by atoms with Gasteiger partial charge >= 0.3 is 0 Å². The largest absolute Gasteiger partial charge is 0.439 e. The van der Waals surface area contributed by atoms with Crippen LogP contribution in [0.3, 0.4) is 0 Å². The van der Waals surface area contributed by atoms with Crippen LogP contribution in [-0.4, -0.2) is 48.7 Å². The SMILES string of the molecule is CCOC1CCN(C(=NC)NCc2ccnc(Oc3ccc(F)cc3)c2)CC1. The average molecular weight is 386 g/mol. The Labute approximate surface area is 165 Å². The van der Waals surface area contributed by atoms with Gasteiger partial charge in [-0.1, -0.05) is 0 Å². The lowest BCUT2D eigenvalue weighted by Crippen LogP contribution is -2.46. The van der Waals surface area contributed by atoms with Crippen molar-refractivity contribution in [1.82, 2.24) is 15.2 Å². The predicted molar refractivity (Wildman–Crippen MR) is 107 cm³/mol. The Kier molecular flexibility index (Phi) is 7.19. The maximum absolute atomic E-state index is 13.0. The molecular weight excluding hydrogens is 359 g/mol. The fraction of sp³-hybridized carbons (Fsp3) is 0.429. The van der Waals surface area contributed by atoms with Crippen LogP contribution in [0.15, 0.2) is 47.6 Å². The number of benzene rings is 1. The van der Waals surface area contributed by atoms with Crippen molar-refractivity contribution in [3.63, 3.8) is 0 Å². The summed E-state index contributed by atoms with van der Waals surface area (Å²) < 4.78 is 24.4. The lowest BCUT2D eigenvalue weighted by molar-refractivity contribution is 0.0263. The van der Waals surface area contributed by atoms with Crippen LogP contribution in [0.25, 0.3) is 0 Å². The second-order valence-electron chi connectivity index (χ2n) is 6.60. The first kappa shape index (κ1) is 20.1. The molecular formula is C21H27FN4O2. The molecule has 1 aliphatic rings. The van der Waals surface area contributed by atoms with Gasteiger partial charge in [-0.15, -0.1) is 0 Å². The van der Waals surface area contributed by atoms with E-state index in [1.54, 1.807) is 25.4 Å². The van der Waals surface area contributed by atoms with Crippen LogP contribution < -0.4 is 10.1 Å². The molecule has 2 aromatic rings. The van der Waals surface area contributed by atoms with Crippen molar-refractivity contribution in [3.05, 3.63) is 54.0 Å². The van der Waals surface area contributed by atoms with Gasteiger partial charge in [0.15, 0.2) is 5.96 Å². The third-order valence-electron chi connectivity index (χ3n) is 4.64. The molecule has 0 bridgehead atoms. The summed E-state index contributed by atoms with van der Waals surface area (Å²) in [5, 5.41) is 3.40. The quantitative estimate of drug-likeness (QED) is 0.607. The highest BCUT2D eigenvalue weighted by atomic mass is 19.1. The average Bonchev–Trinajstić information content (AvgIpc) is 2.72. The van der Waals surface area contributed by atoms with Gasteiger partial charge in [-0.05, 0) is 55.7 Å². The fourth-order valence-corrected chi connectivity index (χ4v) is 3.22. The van der Waals surface area contributed by atoms with Crippen molar-refractivity contribution in [2.75, 3.05) is 26.7 Å². The van der Waals surface area contributed by atoms with Gasteiger partial charge in [0.1, 0.15) is 11.6 Å². The molecule has 0 saturated carbocycles. The Morgan fingerprint density at radius 2 is 2.00 bits per heavy atom. The summed E-state index contributed by atoms with van der Waals surface area (Å²) in [4.78, 5) is 10.9. The molecule has 0 unspecified atom stereocenters. The second kappa shape index (κ2) is 10.0. The van der Waals surface area contributed by atoms with E-state index >= 15 is 0 Å². The number of aliphatic imine (C=N–C) groups is 1. The molecule has 1 saturated heterocycles. The minimum atomic E-state index is -0.296. The first-order valence-corrected chi connectivity index (χ1v) is 9.63. The van der Waals surface area contributed by atoms with Crippen molar-refractivity contribution in [3.8, 4) is 11.6 Å². The van der Waals surface area contributed by atoms with Crippen LogP contribution in [0.2, 0.25) is 0 Å². The standard InChI is InChI=1S/C21H27FN4O2/c1-3-27-18-9-12-26(13-10-18)21(23-2)25-15-16-8-11-24-20(14-16)28-19-6-4-17(22)5-7-19/h4-8,11,14,18H,3,9-10,12-13,15H2,1-2H3,(H,23,25). The van der Waals surface area contributed by atoms with Gasteiger partial charge in [0.2, 0.25) is 5.88 Å². The number of guanidine groups is 1. The van der Waals surface area contributed by atoms with E-state index in [9.17, 15) is 4.39 Å². The van der Waals surface area contributed by atoms with Gasteiger partial charge in [-0.2, -0.15) is 0 Å². The van der Waals surface area contributed by atoms with E-state index < -0.39 is 0 Å². The van der Waals surface area contributed by atoms with Crippen molar-refractivity contribution in [1.29, 1.82) is 0 Å². The number of rotatable bonds is 6. The number of piperidine rings is 1. The highest BCUT2D eigenvalue weighted by Crippen LogP contribution is 2.20. The van der Waals surface area contributed by atoms with E-state index in [-0.39, 0.29) is 5.82 Å². The van der Waals surface area contributed by atoms with Crippen molar-refractivity contribution < 1.29 is 13.9 Å². The first-order chi connectivity index (χ1) is 13.7. The molecule has 0 spiro atoms. The Morgan fingerprint density at radius 3 is 2.68 bits per heavy atom. The van der Waals surface area contributed by atoms with Crippen molar-refractivity contribution in [2.24, 2.45) is 4.99 Å². The monoisotopic (exact) mass is 386 g/mol. The number of nitrogens with zero attached hydrogens (tertiary/aromatic N) is 3. The number of hydrogen-bond donors (Lipinski definition) is 1. The van der Waals surface area contributed by atoms with Crippen LogP contribution >= 0.6 is 0 Å². The van der Waals surface area contributed by atoms with Gasteiger partial charge in [0.25, 0.3) is 0 Å². The summed E-state index contributed by atoms with van der Waals surface area (Å²) in [7, 11) is 1.80. The molecule has 0 amide bonds. The van der Waals surface area contributed by atoms with Crippen molar-refractivity contribution in [2.45, 2.75) is 32.4 Å². The Bertz CT molecular complexity index is 774.